The Labute approximate surface area is 92.1 Å². The van der Waals surface area contributed by atoms with Gasteiger partial charge in [0.15, 0.2) is 0 Å². The Morgan fingerprint density at radius 1 is 1.20 bits per heavy atom. The van der Waals surface area contributed by atoms with Gasteiger partial charge in [0, 0.05) is 6.42 Å². The van der Waals surface area contributed by atoms with Gasteiger partial charge in [-0.05, 0) is 18.4 Å². The Bertz CT molecular complexity index is 279. The summed E-state index contributed by atoms with van der Waals surface area (Å²) >= 11 is 0. The number of hydrogen-bond donors (Lipinski definition) is 0. The molecule has 0 heterocycles. The van der Waals surface area contributed by atoms with Crippen molar-refractivity contribution in [1.29, 1.82) is 0 Å². The molecule has 1 atom stereocenters. The molecule has 0 aliphatic heterocycles. The van der Waals surface area contributed by atoms with Crippen LogP contribution in [0.15, 0.2) is 55.8 Å². The minimum Gasteiger partial charge on any atom is -0.498 e. The van der Waals surface area contributed by atoms with E-state index in [1.54, 1.807) is 0 Å². The van der Waals surface area contributed by atoms with Crippen LogP contribution in [0.5, 0.6) is 0 Å². The topological polar surface area (TPSA) is 9.23 Å². The van der Waals surface area contributed by atoms with Crippen LogP contribution in [0.3, 0.4) is 0 Å². The second-order valence-electron chi connectivity index (χ2n) is 3.47. The molecular weight excluding hydrogens is 184 g/mol. The van der Waals surface area contributed by atoms with Crippen molar-refractivity contribution in [2.45, 2.75) is 25.4 Å². The second kappa shape index (κ2) is 6.88. The average molecular weight is 202 g/mol. The van der Waals surface area contributed by atoms with E-state index in [1.165, 1.54) is 11.8 Å². The standard InChI is InChI=1S/C14H18O/c1-3-8-14(15-4-2)12-11-13-9-6-5-7-10-13/h3-7,9-10,14H,1-2,8,11-12H2/t14-/m1/s1. The smallest absolute Gasteiger partial charge is 0.101 e. The van der Waals surface area contributed by atoms with E-state index in [9.17, 15) is 0 Å². The zero-order chi connectivity index (χ0) is 10.9. The fraction of sp³-hybridized carbons (Fsp3) is 0.286. The fourth-order valence-corrected chi connectivity index (χ4v) is 1.54. The first-order valence-electron chi connectivity index (χ1n) is 5.28. The lowest BCUT2D eigenvalue weighted by Gasteiger charge is -2.14. The largest absolute Gasteiger partial charge is 0.498 e. The summed E-state index contributed by atoms with van der Waals surface area (Å²) in [6.07, 6.45) is 6.52. The highest BCUT2D eigenvalue weighted by Crippen LogP contribution is 2.10. The molecule has 1 heteroatoms. The highest BCUT2D eigenvalue weighted by Gasteiger charge is 2.05. The van der Waals surface area contributed by atoms with Gasteiger partial charge in [0.05, 0.1) is 6.26 Å². The first-order chi connectivity index (χ1) is 7.36. The van der Waals surface area contributed by atoms with Crippen LogP contribution in [0, 0.1) is 0 Å². The van der Waals surface area contributed by atoms with Crippen LogP contribution in [0.1, 0.15) is 18.4 Å². The van der Waals surface area contributed by atoms with Gasteiger partial charge in [0.25, 0.3) is 0 Å². The summed E-state index contributed by atoms with van der Waals surface area (Å²) in [5.74, 6) is 0. The molecule has 0 spiro atoms. The molecule has 0 bridgehead atoms. The van der Waals surface area contributed by atoms with E-state index in [0.29, 0.717) is 0 Å². The average Bonchev–Trinajstić information content (AvgIpc) is 2.28. The molecule has 1 rings (SSSR count). The van der Waals surface area contributed by atoms with Crippen molar-refractivity contribution in [2.75, 3.05) is 0 Å². The van der Waals surface area contributed by atoms with Crippen molar-refractivity contribution in [3.63, 3.8) is 0 Å². The van der Waals surface area contributed by atoms with Crippen LogP contribution < -0.4 is 0 Å². The van der Waals surface area contributed by atoms with Crippen molar-refractivity contribution in [3.05, 3.63) is 61.4 Å². The number of ether oxygens (including phenoxy) is 1. The Morgan fingerprint density at radius 3 is 2.53 bits per heavy atom. The lowest BCUT2D eigenvalue weighted by molar-refractivity contribution is 0.139. The van der Waals surface area contributed by atoms with Gasteiger partial charge in [0.1, 0.15) is 6.10 Å². The summed E-state index contributed by atoms with van der Waals surface area (Å²) in [6.45, 7) is 7.30. The van der Waals surface area contributed by atoms with Crippen molar-refractivity contribution in [2.24, 2.45) is 0 Å². The summed E-state index contributed by atoms with van der Waals surface area (Å²) in [5, 5.41) is 0. The van der Waals surface area contributed by atoms with Gasteiger partial charge in [-0.2, -0.15) is 0 Å². The molecule has 0 aliphatic rings. The number of rotatable bonds is 7. The summed E-state index contributed by atoms with van der Waals surface area (Å²) in [4.78, 5) is 0. The minimum absolute atomic E-state index is 0.209. The maximum atomic E-state index is 5.40. The molecule has 0 fully saturated rings. The van der Waals surface area contributed by atoms with Gasteiger partial charge in [-0.1, -0.05) is 43.0 Å². The van der Waals surface area contributed by atoms with Crippen LogP contribution in [0.2, 0.25) is 0 Å². The molecule has 0 unspecified atom stereocenters. The summed E-state index contributed by atoms with van der Waals surface area (Å²) in [6, 6.07) is 10.4. The molecular formula is C14H18O. The lowest BCUT2D eigenvalue weighted by atomic mass is 10.1. The van der Waals surface area contributed by atoms with E-state index >= 15 is 0 Å². The molecule has 15 heavy (non-hydrogen) atoms. The molecule has 0 N–H and O–H groups in total. The molecule has 1 nitrogen and oxygen atoms in total. The first kappa shape index (κ1) is 11.6. The first-order valence-corrected chi connectivity index (χ1v) is 5.28. The van der Waals surface area contributed by atoms with Crippen molar-refractivity contribution in [3.8, 4) is 0 Å². The molecule has 80 valence electrons. The van der Waals surface area contributed by atoms with Crippen molar-refractivity contribution in [1.82, 2.24) is 0 Å². The highest BCUT2D eigenvalue weighted by molar-refractivity contribution is 5.14. The molecule has 0 aliphatic carbocycles. The Hall–Kier alpha value is -1.50. The molecule has 1 aromatic rings. The predicted octanol–water partition coefficient (Wildman–Crippen LogP) is 3.72. The zero-order valence-electron chi connectivity index (χ0n) is 9.06. The SMILES string of the molecule is C=CC[C@H](CCc1ccccc1)OC=C. The van der Waals surface area contributed by atoms with Gasteiger partial charge < -0.3 is 4.74 Å². The fourth-order valence-electron chi connectivity index (χ4n) is 1.54. The number of hydrogen-bond acceptors (Lipinski definition) is 1. The monoisotopic (exact) mass is 202 g/mol. The van der Waals surface area contributed by atoms with Gasteiger partial charge >= 0.3 is 0 Å². The lowest BCUT2D eigenvalue weighted by Crippen LogP contribution is -2.09. The zero-order valence-corrected chi connectivity index (χ0v) is 9.06. The summed E-state index contributed by atoms with van der Waals surface area (Å²) < 4.78 is 5.40. The van der Waals surface area contributed by atoms with Gasteiger partial charge in [-0.3, -0.25) is 0 Å². The van der Waals surface area contributed by atoms with E-state index in [1.807, 2.05) is 12.1 Å². The molecule has 0 saturated carbocycles. The normalized spacial score (nSPS) is 11.7. The maximum Gasteiger partial charge on any atom is 0.101 e. The Balaban J connectivity index is 2.39. The van der Waals surface area contributed by atoms with E-state index in [-0.39, 0.29) is 6.10 Å². The third-order valence-electron chi connectivity index (χ3n) is 2.32. The van der Waals surface area contributed by atoms with E-state index in [2.05, 4.69) is 37.4 Å². The van der Waals surface area contributed by atoms with E-state index in [4.69, 9.17) is 4.74 Å². The third kappa shape index (κ3) is 4.50. The van der Waals surface area contributed by atoms with E-state index < -0.39 is 0 Å². The van der Waals surface area contributed by atoms with Crippen molar-refractivity contribution < 1.29 is 4.74 Å². The quantitative estimate of drug-likeness (QED) is 0.483. The molecule has 0 amide bonds. The molecule has 0 aromatic heterocycles. The maximum absolute atomic E-state index is 5.40. The number of benzene rings is 1. The Morgan fingerprint density at radius 2 is 1.93 bits per heavy atom. The highest BCUT2D eigenvalue weighted by atomic mass is 16.5. The number of aryl methyl sites for hydroxylation is 1. The molecule has 0 radical (unpaired) electrons. The predicted molar refractivity (Wildman–Crippen MR) is 64.6 cm³/mol. The van der Waals surface area contributed by atoms with Crippen LogP contribution in [0.25, 0.3) is 0 Å². The summed E-state index contributed by atoms with van der Waals surface area (Å²) in [5.41, 5.74) is 1.35. The second-order valence-corrected chi connectivity index (χ2v) is 3.47. The minimum atomic E-state index is 0.209. The molecule has 0 saturated heterocycles. The molecule has 1 aromatic carbocycles. The third-order valence-corrected chi connectivity index (χ3v) is 2.32. The summed E-state index contributed by atoms with van der Waals surface area (Å²) in [7, 11) is 0. The van der Waals surface area contributed by atoms with Crippen LogP contribution >= 0.6 is 0 Å². The van der Waals surface area contributed by atoms with Crippen molar-refractivity contribution >= 4 is 0 Å². The van der Waals surface area contributed by atoms with Crippen LogP contribution in [-0.2, 0) is 11.2 Å². The van der Waals surface area contributed by atoms with Gasteiger partial charge in [-0.25, -0.2) is 0 Å². The van der Waals surface area contributed by atoms with Gasteiger partial charge in [-0.15, -0.1) is 6.58 Å². The van der Waals surface area contributed by atoms with Gasteiger partial charge in [0.2, 0.25) is 0 Å². The van der Waals surface area contributed by atoms with E-state index in [0.717, 1.165) is 19.3 Å². The van der Waals surface area contributed by atoms with Crippen LogP contribution in [-0.4, -0.2) is 6.10 Å². The van der Waals surface area contributed by atoms with Crippen LogP contribution in [0.4, 0.5) is 0 Å². The Kier molecular flexibility index (Phi) is 5.31.